The Balaban J connectivity index is 3.35. The van der Waals surface area contributed by atoms with Crippen molar-refractivity contribution in [3.63, 3.8) is 0 Å². The highest BCUT2D eigenvalue weighted by Gasteiger charge is 2.18. The Kier molecular flexibility index (Phi) is 3.46. The summed E-state index contributed by atoms with van der Waals surface area (Å²) in [6.45, 7) is 0. The van der Waals surface area contributed by atoms with Crippen molar-refractivity contribution in [2.75, 3.05) is 0 Å². The van der Waals surface area contributed by atoms with Gasteiger partial charge in [-0.1, -0.05) is 0 Å². The minimum Gasteiger partial charge on any atom is -0.298 e. The average Bonchev–Trinajstić information content (AvgIpc) is 2.16. The molecule has 14 heavy (non-hydrogen) atoms. The molecule has 2 nitrogen and oxygen atoms in total. The molecule has 0 aliphatic carbocycles. The number of pyridine rings is 1. The van der Waals surface area contributed by atoms with Gasteiger partial charge in [-0.3, -0.25) is 4.79 Å². The van der Waals surface area contributed by atoms with Crippen LogP contribution >= 0.6 is 11.6 Å². The summed E-state index contributed by atoms with van der Waals surface area (Å²) in [5.41, 5.74) is -1.41. The number of aldehydes is 1. The maximum Gasteiger partial charge on any atom is 0.264 e. The third kappa shape index (κ3) is 2.04. The van der Waals surface area contributed by atoms with Crippen molar-refractivity contribution in [3.8, 4) is 0 Å². The molecule has 0 atom stereocenters. The molecule has 0 N–H and O–H groups in total. The highest BCUT2D eigenvalue weighted by atomic mass is 35.5. The van der Waals surface area contributed by atoms with Crippen molar-refractivity contribution in [1.29, 1.82) is 0 Å². The van der Waals surface area contributed by atoms with Gasteiger partial charge in [0.15, 0.2) is 6.29 Å². The summed E-state index contributed by atoms with van der Waals surface area (Å²) >= 11 is 5.31. The first-order valence-electron chi connectivity index (χ1n) is 3.58. The summed E-state index contributed by atoms with van der Waals surface area (Å²) in [4.78, 5) is 13.5. The zero-order valence-corrected chi connectivity index (χ0v) is 7.56. The molecule has 1 rings (SSSR count). The molecule has 1 aromatic heterocycles. The van der Waals surface area contributed by atoms with Gasteiger partial charge in [0.1, 0.15) is 0 Å². The molecule has 0 saturated heterocycles. The SMILES string of the molecule is O=Cc1c(C(F)F)cc(CCl)nc1F. The summed E-state index contributed by atoms with van der Waals surface area (Å²) in [6.07, 6.45) is -2.91. The number of alkyl halides is 3. The largest absolute Gasteiger partial charge is 0.298 e. The quantitative estimate of drug-likeness (QED) is 0.448. The average molecular weight is 224 g/mol. The third-order valence-electron chi connectivity index (χ3n) is 1.59. The molecule has 1 heterocycles. The van der Waals surface area contributed by atoms with Gasteiger partial charge in [-0.25, -0.2) is 13.8 Å². The summed E-state index contributed by atoms with van der Waals surface area (Å²) in [5, 5.41) is 0. The third-order valence-corrected chi connectivity index (χ3v) is 1.86. The number of nitrogens with zero attached hydrogens (tertiary/aromatic N) is 1. The van der Waals surface area contributed by atoms with Crippen molar-refractivity contribution >= 4 is 17.9 Å². The summed E-state index contributed by atoms with van der Waals surface area (Å²) in [6, 6.07) is 0.921. The van der Waals surface area contributed by atoms with Gasteiger partial charge in [-0.15, -0.1) is 11.6 Å². The maximum absolute atomic E-state index is 12.9. The molecule has 0 radical (unpaired) electrons. The molecule has 0 aliphatic rings. The number of aromatic nitrogens is 1. The van der Waals surface area contributed by atoms with Gasteiger partial charge in [0.2, 0.25) is 5.95 Å². The summed E-state index contributed by atoms with van der Waals surface area (Å²) in [7, 11) is 0. The van der Waals surface area contributed by atoms with Crippen LogP contribution in [0.2, 0.25) is 0 Å². The lowest BCUT2D eigenvalue weighted by Crippen LogP contribution is -2.03. The van der Waals surface area contributed by atoms with Gasteiger partial charge in [0.05, 0.1) is 17.1 Å². The van der Waals surface area contributed by atoms with E-state index in [-0.39, 0.29) is 17.9 Å². The molecule has 0 fully saturated rings. The van der Waals surface area contributed by atoms with Crippen LogP contribution in [0.3, 0.4) is 0 Å². The van der Waals surface area contributed by atoms with E-state index in [4.69, 9.17) is 11.6 Å². The first kappa shape index (κ1) is 11.0. The number of hydrogen-bond acceptors (Lipinski definition) is 2. The van der Waals surface area contributed by atoms with Gasteiger partial charge in [0.25, 0.3) is 6.43 Å². The van der Waals surface area contributed by atoms with Crippen LogP contribution in [0.5, 0.6) is 0 Å². The van der Waals surface area contributed by atoms with Gasteiger partial charge in [-0.2, -0.15) is 4.39 Å². The van der Waals surface area contributed by atoms with E-state index in [1.165, 1.54) is 0 Å². The number of hydrogen-bond donors (Lipinski definition) is 0. The lowest BCUT2D eigenvalue weighted by molar-refractivity contribution is 0.110. The van der Waals surface area contributed by atoms with Crippen molar-refractivity contribution < 1.29 is 18.0 Å². The van der Waals surface area contributed by atoms with E-state index in [0.717, 1.165) is 6.07 Å². The Labute approximate surface area is 82.7 Å². The molecule has 0 amide bonds. The van der Waals surface area contributed by atoms with E-state index in [1.54, 1.807) is 0 Å². The zero-order valence-electron chi connectivity index (χ0n) is 6.81. The fourth-order valence-corrected chi connectivity index (χ4v) is 1.10. The van der Waals surface area contributed by atoms with Crippen LogP contribution in [-0.4, -0.2) is 11.3 Å². The number of carbonyl (C=O) groups is 1. The van der Waals surface area contributed by atoms with E-state index in [1.807, 2.05) is 0 Å². The van der Waals surface area contributed by atoms with Crippen LogP contribution in [0.15, 0.2) is 6.07 Å². The second-order valence-corrected chi connectivity index (χ2v) is 2.73. The number of carbonyl (C=O) groups excluding carboxylic acids is 1. The van der Waals surface area contributed by atoms with Crippen LogP contribution in [0, 0.1) is 5.95 Å². The van der Waals surface area contributed by atoms with Gasteiger partial charge in [-0.05, 0) is 6.07 Å². The Morgan fingerprint density at radius 2 is 2.21 bits per heavy atom. The van der Waals surface area contributed by atoms with E-state index in [0.29, 0.717) is 0 Å². The summed E-state index contributed by atoms with van der Waals surface area (Å²) < 4.78 is 37.6. The van der Waals surface area contributed by atoms with Crippen LogP contribution in [0.4, 0.5) is 13.2 Å². The Morgan fingerprint density at radius 1 is 1.57 bits per heavy atom. The first-order chi connectivity index (χ1) is 6.60. The molecule has 1 aromatic rings. The molecule has 76 valence electrons. The van der Waals surface area contributed by atoms with Crippen LogP contribution in [-0.2, 0) is 5.88 Å². The Morgan fingerprint density at radius 3 is 2.64 bits per heavy atom. The van der Waals surface area contributed by atoms with E-state index >= 15 is 0 Å². The Hall–Kier alpha value is -1.10. The monoisotopic (exact) mass is 223 g/mol. The minimum atomic E-state index is -2.92. The van der Waals surface area contributed by atoms with Crippen LogP contribution in [0.1, 0.15) is 28.0 Å². The molecule has 0 saturated carbocycles. The minimum absolute atomic E-state index is 0.0157. The normalized spacial score (nSPS) is 10.6. The second-order valence-electron chi connectivity index (χ2n) is 2.46. The molecule has 0 unspecified atom stereocenters. The lowest BCUT2D eigenvalue weighted by Gasteiger charge is -2.05. The fourth-order valence-electron chi connectivity index (χ4n) is 0.961. The highest BCUT2D eigenvalue weighted by molar-refractivity contribution is 6.16. The predicted octanol–water partition coefficient (Wildman–Crippen LogP) is 2.71. The Bertz CT molecular complexity index is 357. The maximum atomic E-state index is 12.9. The number of halogens is 4. The van der Waals surface area contributed by atoms with Gasteiger partial charge in [0, 0.05) is 5.56 Å². The summed E-state index contributed by atoms with van der Waals surface area (Å²) in [5.74, 6) is -1.40. The van der Waals surface area contributed by atoms with Crippen LogP contribution in [0.25, 0.3) is 0 Å². The topological polar surface area (TPSA) is 30.0 Å². The van der Waals surface area contributed by atoms with Crippen molar-refractivity contribution in [1.82, 2.24) is 4.98 Å². The lowest BCUT2D eigenvalue weighted by atomic mass is 10.1. The van der Waals surface area contributed by atoms with Crippen LogP contribution < -0.4 is 0 Å². The first-order valence-corrected chi connectivity index (χ1v) is 4.12. The standard InChI is InChI=1S/C8H5ClF3NO/c9-2-4-1-5(7(10)11)6(3-14)8(12)13-4/h1,3,7H,2H2. The zero-order chi connectivity index (χ0) is 10.7. The fraction of sp³-hybridized carbons (Fsp3) is 0.250. The molecule has 6 heteroatoms. The predicted molar refractivity (Wildman–Crippen MR) is 44.1 cm³/mol. The van der Waals surface area contributed by atoms with Gasteiger partial charge < -0.3 is 0 Å². The van der Waals surface area contributed by atoms with Crippen molar-refractivity contribution in [2.24, 2.45) is 0 Å². The van der Waals surface area contributed by atoms with Crippen molar-refractivity contribution in [3.05, 3.63) is 28.8 Å². The molecule has 0 aliphatic heterocycles. The van der Waals surface area contributed by atoms with Crippen molar-refractivity contribution in [2.45, 2.75) is 12.3 Å². The molecular weight excluding hydrogens is 219 g/mol. The molecular formula is C8H5ClF3NO. The van der Waals surface area contributed by atoms with Gasteiger partial charge >= 0.3 is 0 Å². The molecule has 0 aromatic carbocycles. The second kappa shape index (κ2) is 4.41. The highest BCUT2D eigenvalue weighted by Crippen LogP contribution is 2.24. The number of rotatable bonds is 3. The molecule has 0 spiro atoms. The van der Waals surface area contributed by atoms with E-state index < -0.39 is 23.5 Å². The molecule has 0 bridgehead atoms. The van der Waals surface area contributed by atoms with E-state index in [2.05, 4.69) is 4.98 Å². The van der Waals surface area contributed by atoms with E-state index in [9.17, 15) is 18.0 Å². The smallest absolute Gasteiger partial charge is 0.264 e.